The van der Waals surface area contributed by atoms with Gasteiger partial charge in [-0.2, -0.15) is 0 Å². The number of rotatable bonds is 5. The quantitative estimate of drug-likeness (QED) is 0.809. The second-order valence-electron chi connectivity index (χ2n) is 5.75. The van der Waals surface area contributed by atoms with Crippen molar-refractivity contribution in [3.05, 3.63) is 0 Å². The van der Waals surface area contributed by atoms with Gasteiger partial charge >= 0.3 is 0 Å². The SMILES string of the molecule is CCCC(C)(N)C(=O)N(C)C1CCN(CC)CC1. The molecule has 0 spiro atoms. The van der Waals surface area contributed by atoms with E-state index in [0.29, 0.717) is 6.04 Å². The summed E-state index contributed by atoms with van der Waals surface area (Å²) in [6.45, 7) is 9.40. The smallest absolute Gasteiger partial charge is 0.242 e. The molecule has 1 aliphatic rings. The number of hydrogen-bond acceptors (Lipinski definition) is 3. The number of piperidine rings is 1. The van der Waals surface area contributed by atoms with Crippen molar-refractivity contribution in [3.8, 4) is 0 Å². The van der Waals surface area contributed by atoms with Gasteiger partial charge in [-0.3, -0.25) is 4.79 Å². The molecule has 0 aromatic heterocycles. The number of likely N-dealkylation sites (tertiary alicyclic amines) is 1. The largest absolute Gasteiger partial charge is 0.341 e. The van der Waals surface area contributed by atoms with Crippen LogP contribution in [0.5, 0.6) is 0 Å². The van der Waals surface area contributed by atoms with Crippen molar-refractivity contribution in [3.63, 3.8) is 0 Å². The van der Waals surface area contributed by atoms with Crippen molar-refractivity contribution in [2.45, 2.75) is 58.0 Å². The lowest BCUT2D eigenvalue weighted by Gasteiger charge is -2.39. The van der Waals surface area contributed by atoms with Gasteiger partial charge in [0.05, 0.1) is 5.54 Å². The van der Waals surface area contributed by atoms with Crippen molar-refractivity contribution in [1.29, 1.82) is 0 Å². The first-order valence-electron chi connectivity index (χ1n) is 7.20. The molecule has 1 aliphatic heterocycles. The average Bonchev–Trinajstić information content (AvgIpc) is 2.37. The minimum absolute atomic E-state index is 0.0966. The van der Waals surface area contributed by atoms with Crippen LogP contribution in [0.1, 0.15) is 46.5 Å². The zero-order valence-corrected chi connectivity index (χ0v) is 12.4. The second-order valence-corrected chi connectivity index (χ2v) is 5.75. The molecule has 1 saturated heterocycles. The van der Waals surface area contributed by atoms with Gasteiger partial charge in [-0.15, -0.1) is 0 Å². The maximum atomic E-state index is 12.4. The molecule has 0 bridgehead atoms. The van der Waals surface area contributed by atoms with Crippen molar-refractivity contribution < 1.29 is 4.79 Å². The third-order valence-corrected chi connectivity index (χ3v) is 4.13. The molecule has 1 unspecified atom stereocenters. The van der Waals surface area contributed by atoms with Gasteiger partial charge in [-0.25, -0.2) is 0 Å². The number of nitrogens with zero attached hydrogens (tertiary/aromatic N) is 2. The molecule has 1 fully saturated rings. The fraction of sp³-hybridized carbons (Fsp3) is 0.929. The summed E-state index contributed by atoms with van der Waals surface area (Å²) in [5.41, 5.74) is 5.43. The molecule has 106 valence electrons. The molecule has 0 aliphatic carbocycles. The summed E-state index contributed by atoms with van der Waals surface area (Å²) in [5, 5.41) is 0. The highest BCUT2D eigenvalue weighted by Gasteiger charge is 2.34. The minimum atomic E-state index is -0.703. The van der Waals surface area contributed by atoms with E-state index >= 15 is 0 Å². The van der Waals surface area contributed by atoms with E-state index < -0.39 is 5.54 Å². The first-order valence-corrected chi connectivity index (χ1v) is 7.20. The molecule has 0 aromatic carbocycles. The lowest BCUT2D eigenvalue weighted by molar-refractivity contribution is -0.138. The van der Waals surface area contributed by atoms with Crippen molar-refractivity contribution in [2.24, 2.45) is 5.73 Å². The summed E-state index contributed by atoms with van der Waals surface area (Å²) in [6, 6.07) is 0.361. The predicted molar refractivity (Wildman–Crippen MR) is 75.4 cm³/mol. The van der Waals surface area contributed by atoms with Gasteiger partial charge in [0, 0.05) is 26.2 Å². The summed E-state index contributed by atoms with van der Waals surface area (Å²) in [6.07, 6.45) is 3.83. The Morgan fingerprint density at radius 1 is 1.39 bits per heavy atom. The number of amides is 1. The lowest BCUT2D eigenvalue weighted by Crippen LogP contribution is -2.56. The van der Waals surface area contributed by atoms with Gasteiger partial charge in [-0.05, 0) is 32.7 Å². The van der Waals surface area contributed by atoms with E-state index in [9.17, 15) is 4.79 Å². The van der Waals surface area contributed by atoms with Gasteiger partial charge in [0.25, 0.3) is 0 Å². The van der Waals surface area contributed by atoms with Crippen LogP contribution >= 0.6 is 0 Å². The Morgan fingerprint density at radius 2 is 1.94 bits per heavy atom. The van der Waals surface area contributed by atoms with Gasteiger partial charge < -0.3 is 15.5 Å². The Labute approximate surface area is 111 Å². The molecule has 0 radical (unpaired) electrons. The normalized spacial score (nSPS) is 21.6. The summed E-state index contributed by atoms with van der Waals surface area (Å²) < 4.78 is 0. The highest BCUT2D eigenvalue weighted by atomic mass is 16.2. The predicted octanol–water partition coefficient (Wildman–Crippen LogP) is 1.45. The highest BCUT2D eigenvalue weighted by molar-refractivity contribution is 5.85. The molecular weight excluding hydrogens is 226 g/mol. The van der Waals surface area contributed by atoms with Gasteiger partial charge in [0.1, 0.15) is 0 Å². The van der Waals surface area contributed by atoms with Crippen LogP contribution in [0.25, 0.3) is 0 Å². The maximum absolute atomic E-state index is 12.4. The minimum Gasteiger partial charge on any atom is -0.341 e. The second kappa shape index (κ2) is 6.53. The van der Waals surface area contributed by atoms with Crippen LogP contribution in [-0.2, 0) is 4.79 Å². The molecule has 1 rings (SSSR count). The monoisotopic (exact) mass is 255 g/mol. The van der Waals surface area contributed by atoms with Gasteiger partial charge in [-0.1, -0.05) is 20.3 Å². The first kappa shape index (κ1) is 15.4. The van der Waals surface area contributed by atoms with E-state index in [1.165, 1.54) is 0 Å². The van der Waals surface area contributed by atoms with E-state index in [1.807, 2.05) is 18.9 Å². The fourth-order valence-electron chi connectivity index (χ4n) is 2.82. The third-order valence-electron chi connectivity index (χ3n) is 4.13. The van der Waals surface area contributed by atoms with Crippen LogP contribution in [0, 0.1) is 0 Å². The van der Waals surface area contributed by atoms with E-state index in [1.54, 1.807) is 0 Å². The van der Waals surface area contributed by atoms with Crippen molar-refractivity contribution in [2.75, 3.05) is 26.7 Å². The Bertz CT molecular complexity index is 270. The number of carbonyl (C=O) groups is 1. The molecule has 1 amide bonds. The van der Waals surface area contributed by atoms with Crippen molar-refractivity contribution in [1.82, 2.24) is 9.80 Å². The van der Waals surface area contributed by atoms with E-state index in [2.05, 4.69) is 18.7 Å². The number of nitrogens with two attached hydrogens (primary N) is 1. The average molecular weight is 255 g/mol. The molecular formula is C14H29N3O. The van der Waals surface area contributed by atoms with Crippen LogP contribution < -0.4 is 5.73 Å². The topological polar surface area (TPSA) is 49.6 Å². The Kier molecular flexibility index (Phi) is 5.60. The van der Waals surface area contributed by atoms with Gasteiger partial charge in [0.15, 0.2) is 0 Å². The van der Waals surface area contributed by atoms with Crippen LogP contribution in [0.15, 0.2) is 0 Å². The Morgan fingerprint density at radius 3 is 2.39 bits per heavy atom. The van der Waals surface area contributed by atoms with Crippen LogP contribution in [0.3, 0.4) is 0 Å². The van der Waals surface area contributed by atoms with Crippen LogP contribution in [-0.4, -0.2) is 54.0 Å². The van der Waals surface area contributed by atoms with Crippen LogP contribution in [0.4, 0.5) is 0 Å². The summed E-state index contributed by atoms with van der Waals surface area (Å²) >= 11 is 0. The van der Waals surface area contributed by atoms with Crippen molar-refractivity contribution >= 4 is 5.91 Å². The highest BCUT2D eigenvalue weighted by Crippen LogP contribution is 2.19. The molecule has 2 N–H and O–H groups in total. The molecule has 4 nitrogen and oxygen atoms in total. The Hall–Kier alpha value is -0.610. The summed E-state index contributed by atoms with van der Waals surface area (Å²) in [5.74, 6) is 0.0966. The molecule has 18 heavy (non-hydrogen) atoms. The fourth-order valence-corrected chi connectivity index (χ4v) is 2.82. The zero-order chi connectivity index (χ0) is 13.8. The summed E-state index contributed by atoms with van der Waals surface area (Å²) in [4.78, 5) is 16.7. The first-order chi connectivity index (χ1) is 8.42. The van der Waals surface area contributed by atoms with Gasteiger partial charge in [0.2, 0.25) is 5.91 Å². The number of hydrogen-bond donors (Lipinski definition) is 1. The number of carbonyl (C=O) groups excluding carboxylic acids is 1. The molecule has 0 saturated carbocycles. The maximum Gasteiger partial charge on any atom is 0.242 e. The number of likely N-dealkylation sites (N-methyl/N-ethyl adjacent to an activating group) is 1. The lowest BCUT2D eigenvalue weighted by atomic mass is 9.94. The summed E-state index contributed by atoms with van der Waals surface area (Å²) in [7, 11) is 1.91. The molecule has 1 atom stereocenters. The molecule has 0 aromatic rings. The van der Waals surface area contributed by atoms with E-state index in [4.69, 9.17) is 5.73 Å². The Balaban J connectivity index is 2.54. The van der Waals surface area contributed by atoms with E-state index in [0.717, 1.165) is 45.3 Å². The van der Waals surface area contributed by atoms with Crippen LogP contribution in [0.2, 0.25) is 0 Å². The standard InChI is InChI=1S/C14H29N3O/c1-5-9-14(3,15)13(18)16(4)12-7-10-17(6-2)11-8-12/h12H,5-11,15H2,1-4H3. The van der Waals surface area contributed by atoms with E-state index in [-0.39, 0.29) is 5.91 Å². The third kappa shape index (κ3) is 3.69. The molecule has 1 heterocycles. The zero-order valence-electron chi connectivity index (χ0n) is 12.4. The molecule has 4 heteroatoms.